The summed E-state index contributed by atoms with van der Waals surface area (Å²) >= 11 is 7.25. The molecule has 0 saturated carbocycles. The first-order valence-electron chi connectivity index (χ1n) is 9.44. The normalized spacial score (nSPS) is 13.5. The number of nitrogens with zero attached hydrogens (tertiary/aromatic N) is 4. The zero-order valence-electron chi connectivity index (χ0n) is 16.1. The van der Waals surface area contributed by atoms with E-state index >= 15 is 0 Å². The number of hydrogen-bond donors (Lipinski definition) is 0. The van der Waals surface area contributed by atoms with Gasteiger partial charge in [0.25, 0.3) is 11.5 Å². The van der Waals surface area contributed by atoms with Crippen LogP contribution in [0.3, 0.4) is 0 Å². The molecule has 0 atom stereocenters. The molecule has 0 unspecified atom stereocenters. The Morgan fingerprint density at radius 3 is 2.80 bits per heavy atom. The molecule has 2 aromatic carbocycles. The molecule has 0 aliphatic carbocycles. The van der Waals surface area contributed by atoms with Crippen molar-refractivity contribution in [2.24, 2.45) is 5.10 Å². The van der Waals surface area contributed by atoms with E-state index < -0.39 is 0 Å². The molecular formula is C22H19ClN4O2S. The molecule has 0 fully saturated rings. The Labute approximate surface area is 182 Å². The summed E-state index contributed by atoms with van der Waals surface area (Å²) in [7, 11) is 0. The molecule has 0 bridgehead atoms. The highest BCUT2D eigenvalue weighted by atomic mass is 35.5. The van der Waals surface area contributed by atoms with Crippen LogP contribution < -0.4 is 5.56 Å². The zero-order chi connectivity index (χ0) is 21.1. The van der Waals surface area contributed by atoms with Crippen molar-refractivity contribution in [3.63, 3.8) is 0 Å². The van der Waals surface area contributed by atoms with E-state index in [9.17, 15) is 9.59 Å². The quantitative estimate of drug-likeness (QED) is 0.332. The SMILES string of the molecule is C=CCn1c(SCC(=O)N2CCC(c3ccccc3)=N2)nc2ccc(Cl)cc2c1=O. The van der Waals surface area contributed by atoms with Crippen LogP contribution in [-0.4, -0.2) is 38.5 Å². The molecule has 2 heterocycles. The zero-order valence-corrected chi connectivity index (χ0v) is 17.7. The number of carbonyl (C=O) groups excluding carboxylic acids is 1. The van der Waals surface area contributed by atoms with Crippen molar-refractivity contribution in [2.75, 3.05) is 12.3 Å². The van der Waals surface area contributed by atoms with Gasteiger partial charge in [0, 0.05) is 18.0 Å². The Hall–Kier alpha value is -2.90. The molecule has 152 valence electrons. The molecule has 1 amide bonds. The van der Waals surface area contributed by atoms with Crippen molar-refractivity contribution in [2.45, 2.75) is 18.1 Å². The largest absolute Gasteiger partial charge is 0.283 e. The molecule has 0 N–H and O–H groups in total. The summed E-state index contributed by atoms with van der Waals surface area (Å²) in [4.78, 5) is 30.2. The van der Waals surface area contributed by atoms with E-state index in [1.165, 1.54) is 21.3 Å². The lowest BCUT2D eigenvalue weighted by atomic mass is 10.1. The molecule has 6 nitrogen and oxygen atoms in total. The second kappa shape index (κ2) is 8.85. The van der Waals surface area contributed by atoms with Crippen LogP contribution >= 0.6 is 23.4 Å². The van der Waals surface area contributed by atoms with Gasteiger partial charge < -0.3 is 0 Å². The van der Waals surface area contributed by atoms with Crippen molar-refractivity contribution in [1.82, 2.24) is 14.6 Å². The van der Waals surface area contributed by atoms with Crippen LogP contribution in [0.5, 0.6) is 0 Å². The van der Waals surface area contributed by atoms with Gasteiger partial charge in [0.05, 0.1) is 28.9 Å². The van der Waals surface area contributed by atoms with Crippen molar-refractivity contribution >= 4 is 45.9 Å². The highest BCUT2D eigenvalue weighted by Crippen LogP contribution is 2.22. The summed E-state index contributed by atoms with van der Waals surface area (Å²) in [6.45, 7) is 4.56. The highest BCUT2D eigenvalue weighted by Gasteiger charge is 2.22. The number of thioether (sulfide) groups is 1. The van der Waals surface area contributed by atoms with Crippen LogP contribution in [0.25, 0.3) is 10.9 Å². The van der Waals surface area contributed by atoms with Gasteiger partial charge in [-0.25, -0.2) is 9.99 Å². The summed E-state index contributed by atoms with van der Waals surface area (Å²) in [5.41, 5.74) is 2.27. The van der Waals surface area contributed by atoms with E-state index in [0.29, 0.717) is 34.2 Å². The predicted octanol–water partition coefficient (Wildman–Crippen LogP) is 3.96. The van der Waals surface area contributed by atoms with Crippen LogP contribution in [0.4, 0.5) is 0 Å². The van der Waals surface area contributed by atoms with Crippen molar-refractivity contribution in [3.8, 4) is 0 Å². The van der Waals surface area contributed by atoms with Gasteiger partial charge >= 0.3 is 0 Å². The topological polar surface area (TPSA) is 67.6 Å². The van der Waals surface area contributed by atoms with E-state index in [1.807, 2.05) is 30.3 Å². The Balaban J connectivity index is 1.54. The first kappa shape index (κ1) is 20.4. The number of carbonyl (C=O) groups is 1. The fourth-order valence-electron chi connectivity index (χ4n) is 3.24. The predicted molar refractivity (Wildman–Crippen MR) is 121 cm³/mol. The third-order valence-corrected chi connectivity index (χ3v) is 5.91. The van der Waals surface area contributed by atoms with E-state index in [1.54, 1.807) is 24.3 Å². The Morgan fingerprint density at radius 2 is 2.03 bits per heavy atom. The van der Waals surface area contributed by atoms with Gasteiger partial charge in [0.15, 0.2) is 5.16 Å². The molecule has 30 heavy (non-hydrogen) atoms. The molecule has 1 aliphatic rings. The maximum absolute atomic E-state index is 12.9. The smallest absolute Gasteiger partial charge is 0.262 e. The molecular weight excluding hydrogens is 420 g/mol. The number of benzene rings is 2. The van der Waals surface area contributed by atoms with E-state index in [-0.39, 0.29) is 17.2 Å². The third kappa shape index (κ3) is 4.17. The number of aromatic nitrogens is 2. The lowest BCUT2D eigenvalue weighted by Crippen LogP contribution is -2.27. The fourth-order valence-corrected chi connectivity index (χ4v) is 4.29. The highest BCUT2D eigenvalue weighted by molar-refractivity contribution is 7.99. The average molecular weight is 439 g/mol. The number of rotatable bonds is 6. The first-order valence-corrected chi connectivity index (χ1v) is 10.8. The van der Waals surface area contributed by atoms with Gasteiger partial charge in [-0.3, -0.25) is 14.2 Å². The van der Waals surface area contributed by atoms with Crippen LogP contribution in [0.15, 0.2) is 76.2 Å². The molecule has 0 saturated heterocycles. The Bertz CT molecular complexity index is 1210. The standard InChI is InChI=1S/C22H19ClN4O2S/c1-2-11-26-21(29)17-13-16(23)8-9-19(17)24-22(26)30-14-20(28)27-12-10-18(25-27)15-6-4-3-5-7-15/h2-9,13H,1,10-12,14H2. The molecule has 1 aliphatic heterocycles. The number of amides is 1. The van der Waals surface area contributed by atoms with Gasteiger partial charge in [-0.15, -0.1) is 6.58 Å². The summed E-state index contributed by atoms with van der Waals surface area (Å²) in [5.74, 6) is 0.00961. The minimum atomic E-state index is -0.206. The molecule has 8 heteroatoms. The van der Waals surface area contributed by atoms with Gasteiger partial charge in [0.2, 0.25) is 0 Å². The number of allylic oxidation sites excluding steroid dienone is 1. The second-order valence-electron chi connectivity index (χ2n) is 6.73. The molecule has 4 rings (SSSR count). The van der Waals surface area contributed by atoms with Gasteiger partial charge in [0.1, 0.15) is 0 Å². The number of hydrazone groups is 1. The van der Waals surface area contributed by atoms with Crippen LogP contribution in [0.1, 0.15) is 12.0 Å². The van der Waals surface area contributed by atoms with Crippen molar-refractivity contribution in [1.29, 1.82) is 0 Å². The minimum absolute atomic E-state index is 0.124. The van der Waals surface area contributed by atoms with Crippen molar-refractivity contribution in [3.05, 3.63) is 82.1 Å². The summed E-state index contributed by atoms with van der Waals surface area (Å²) in [6.07, 6.45) is 2.35. The van der Waals surface area contributed by atoms with Gasteiger partial charge in [-0.1, -0.05) is 59.8 Å². The van der Waals surface area contributed by atoms with E-state index in [4.69, 9.17) is 11.6 Å². The average Bonchev–Trinajstić information content (AvgIpc) is 3.26. The van der Waals surface area contributed by atoms with Crippen molar-refractivity contribution < 1.29 is 4.79 Å². The minimum Gasteiger partial charge on any atom is -0.283 e. The monoisotopic (exact) mass is 438 g/mol. The van der Waals surface area contributed by atoms with Crippen LogP contribution in [-0.2, 0) is 11.3 Å². The number of halogens is 1. The second-order valence-corrected chi connectivity index (χ2v) is 8.11. The van der Waals surface area contributed by atoms with E-state index in [0.717, 1.165) is 17.7 Å². The summed E-state index contributed by atoms with van der Waals surface area (Å²) < 4.78 is 1.51. The van der Waals surface area contributed by atoms with E-state index in [2.05, 4.69) is 16.7 Å². The number of hydrogen-bond acceptors (Lipinski definition) is 5. The number of fused-ring (bicyclic) bond motifs is 1. The first-order chi connectivity index (χ1) is 14.6. The molecule has 3 aromatic rings. The van der Waals surface area contributed by atoms with Crippen LogP contribution in [0.2, 0.25) is 5.02 Å². The maximum atomic E-state index is 12.9. The lowest BCUT2D eigenvalue weighted by Gasteiger charge is -2.13. The summed E-state index contributed by atoms with van der Waals surface area (Å²) in [6, 6.07) is 14.8. The van der Waals surface area contributed by atoms with Gasteiger partial charge in [-0.05, 0) is 23.8 Å². The third-order valence-electron chi connectivity index (χ3n) is 4.71. The Kier molecular flexibility index (Phi) is 6.01. The van der Waals surface area contributed by atoms with Gasteiger partial charge in [-0.2, -0.15) is 5.10 Å². The molecule has 1 aromatic heterocycles. The lowest BCUT2D eigenvalue weighted by molar-refractivity contribution is -0.127. The fraction of sp³-hybridized carbons (Fsp3) is 0.182. The Morgan fingerprint density at radius 1 is 1.23 bits per heavy atom. The molecule has 0 radical (unpaired) electrons. The molecule has 0 spiro atoms. The summed E-state index contributed by atoms with van der Waals surface area (Å²) in [5, 5.41) is 7.35. The maximum Gasteiger partial charge on any atom is 0.262 e. The van der Waals surface area contributed by atoms with Crippen LogP contribution in [0, 0.1) is 0 Å².